The van der Waals surface area contributed by atoms with Gasteiger partial charge in [-0.15, -0.1) is 11.8 Å². The lowest BCUT2D eigenvalue weighted by atomic mass is 9.98. The van der Waals surface area contributed by atoms with Crippen LogP contribution in [0.5, 0.6) is 0 Å². The van der Waals surface area contributed by atoms with E-state index in [0.717, 1.165) is 12.0 Å². The van der Waals surface area contributed by atoms with Gasteiger partial charge in [0.25, 0.3) is 0 Å². The molecule has 2 heteroatoms. The summed E-state index contributed by atoms with van der Waals surface area (Å²) >= 11 is 1.80. The molecule has 2 aromatic carbocycles. The molecule has 0 fully saturated rings. The van der Waals surface area contributed by atoms with Crippen LogP contribution in [0.25, 0.3) is 0 Å². The second-order valence-corrected chi connectivity index (χ2v) is 6.05. The lowest BCUT2D eigenvalue weighted by molar-refractivity contribution is 0.174. The molecular weight excluding hydrogens is 240 g/mol. The molecular formula is C16H16OS. The van der Waals surface area contributed by atoms with Gasteiger partial charge in [-0.05, 0) is 36.1 Å². The summed E-state index contributed by atoms with van der Waals surface area (Å²) in [6.45, 7) is 2.06. The molecule has 2 unspecified atom stereocenters. The zero-order chi connectivity index (χ0) is 12.5. The molecule has 18 heavy (non-hydrogen) atoms. The molecule has 3 rings (SSSR count). The lowest BCUT2D eigenvalue weighted by Crippen LogP contribution is -2.15. The van der Waals surface area contributed by atoms with E-state index in [-0.39, 0.29) is 11.4 Å². The molecule has 0 bridgehead atoms. The molecule has 2 aromatic rings. The van der Waals surface area contributed by atoms with Crippen LogP contribution in [-0.2, 0) is 6.42 Å². The summed E-state index contributed by atoms with van der Waals surface area (Å²) in [7, 11) is 0. The third-order valence-electron chi connectivity index (χ3n) is 3.53. The fourth-order valence-corrected chi connectivity index (χ4v) is 3.83. The highest BCUT2D eigenvalue weighted by atomic mass is 32.2. The number of benzene rings is 2. The zero-order valence-electron chi connectivity index (χ0n) is 10.3. The number of thioether (sulfide) groups is 1. The predicted molar refractivity (Wildman–Crippen MR) is 75.9 cm³/mol. The van der Waals surface area contributed by atoms with Crippen LogP contribution in [0.4, 0.5) is 0 Å². The van der Waals surface area contributed by atoms with Crippen molar-refractivity contribution in [2.45, 2.75) is 29.6 Å². The largest absolute Gasteiger partial charge is 0.387 e. The van der Waals surface area contributed by atoms with Crippen LogP contribution in [0.3, 0.4) is 0 Å². The number of rotatable bonds is 2. The van der Waals surface area contributed by atoms with Crippen LogP contribution in [0.15, 0.2) is 53.4 Å². The molecule has 1 aliphatic heterocycles. The minimum atomic E-state index is -0.386. The maximum atomic E-state index is 10.6. The van der Waals surface area contributed by atoms with Gasteiger partial charge in [0.15, 0.2) is 0 Å². The van der Waals surface area contributed by atoms with Gasteiger partial charge in [-0.25, -0.2) is 0 Å². The quantitative estimate of drug-likeness (QED) is 0.883. The first kappa shape index (κ1) is 11.8. The van der Waals surface area contributed by atoms with E-state index in [1.54, 1.807) is 11.8 Å². The van der Waals surface area contributed by atoms with Gasteiger partial charge in [-0.3, -0.25) is 0 Å². The molecule has 0 amide bonds. The van der Waals surface area contributed by atoms with E-state index in [0.29, 0.717) is 0 Å². The molecule has 0 aliphatic carbocycles. The van der Waals surface area contributed by atoms with E-state index in [1.165, 1.54) is 16.0 Å². The normalized spacial score (nSPS) is 19.6. The summed E-state index contributed by atoms with van der Waals surface area (Å²) in [6.07, 6.45) is 0.569. The number of hydrogen-bond donors (Lipinski definition) is 1. The maximum absolute atomic E-state index is 10.6. The molecule has 92 valence electrons. The van der Waals surface area contributed by atoms with Gasteiger partial charge >= 0.3 is 0 Å². The smallest absolute Gasteiger partial charge is 0.0917 e. The van der Waals surface area contributed by atoms with Crippen molar-refractivity contribution >= 4 is 11.8 Å². The van der Waals surface area contributed by atoms with Gasteiger partial charge in [0.05, 0.1) is 6.10 Å². The van der Waals surface area contributed by atoms with Crippen molar-refractivity contribution in [1.29, 1.82) is 0 Å². The first-order chi connectivity index (χ1) is 8.75. The van der Waals surface area contributed by atoms with E-state index in [1.807, 2.05) is 18.2 Å². The molecule has 0 spiro atoms. The van der Waals surface area contributed by atoms with Crippen molar-refractivity contribution in [3.05, 3.63) is 65.2 Å². The molecule has 0 aromatic heterocycles. The molecule has 1 heterocycles. The highest BCUT2D eigenvalue weighted by Gasteiger charge is 2.29. The summed E-state index contributed by atoms with van der Waals surface area (Å²) in [5, 5.41) is 10.8. The van der Waals surface area contributed by atoms with Crippen LogP contribution in [0.1, 0.15) is 22.8 Å². The Bertz CT molecular complexity index is 540. The minimum absolute atomic E-state index is 0.239. The third kappa shape index (κ3) is 2.06. The van der Waals surface area contributed by atoms with Crippen molar-refractivity contribution in [2.75, 3.05) is 0 Å². The molecule has 0 saturated heterocycles. The summed E-state index contributed by atoms with van der Waals surface area (Å²) in [6, 6.07) is 16.5. The second kappa shape index (κ2) is 4.79. The first-order valence-corrected chi connectivity index (χ1v) is 7.12. The average molecular weight is 256 g/mol. The monoisotopic (exact) mass is 256 g/mol. The fourth-order valence-electron chi connectivity index (χ4n) is 2.50. The van der Waals surface area contributed by atoms with Crippen LogP contribution in [0, 0.1) is 6.92 Å². The SMILES string of the molecule is Cc1ccccc1C(O)C1Cc2ccccc2S1. The lowest BCUT2D eigenvalue weighted by Gasteiger charge is -2.19. The Labute approximate surface area is 112 Å². The maximum Gasteiger partial charge on any atom is 0.0917 e. The summed E-state index contributed by atoms with van der Waals surface area (Å²) in [4.78, 5) is 1.31. The molecule has 1 aliphatic rings. The standard InChI is InChI=1S/C16H16OS/c1-11-6-2-4-8-13(11)16(17)15-10-12-7-3-5-9-14(12)18-15/h2-9,15-17H,10H2,1H3. The van der Waals surface area contributed by atoms with E-state index in [9.17, 15) is 5.11 Å². The van der Waals surface area contributed by atoms with Crippen LogP contribution in [0.2, 0.25) is 0 Å². The Balaban J connectivity index is 1.85. The molecule has 1 nitrogen and oxygen atoms in total. The minimum Gasteiger partial charge on any atom is -0.387 e. The summed E-state index contributed by atoms with van der Waals surface area (Å²) in [5.41, 5.74) is 3.59. The van der Waals surface area contributed by atoms with Gasteiger partial charge in [0.2, 0.25) is 0 Å². The van der Waals surface area contributed by atoms with Crippen molar-refractivity contribution in [2.24, 2.45) is 0 Å². The van der Waals surface area contributed by atoms with Crippen molar-refractivity contribution < 1.29 is 5.11 Å². The summed E-state index contributed by atoms with van der Waals surface area (Å²) < 4.78 is 0. The fraction of sp³-hybridized carbons (Fsp3) is 0.250. The van der Waals surface area contributed by atoms with Gasteiger partial charge in [-0.1, -0.05) is 42.5 Å². The number of aryl methyl sites for hydroxylation is 1. The van der Waals surface area contributed by atoms with E-state index >= 15 is 0 Å². The number of hydrogen-bond acceptors (Lipinski definition) is 2. The molecule has 2 atom stereocenters. The van der Waals surface area contributed by atoms with Crippen molar-refractivity contribution in [3.8, 4) is 0 Å². The zero-order valence-corrected chi connectivity index (χ0v) is 11.2. The van der Waals surface area contributed by atoms with Crippen molar-refractivity contribution in [1.82, 2.24) is 0 Å². The molecule has 1 N–H and O–H groups in total. The predicted octanol–water partition coefficient (Wildman–Crippen LogP) is 3.75. The summed E-state index contributed by atoms with van der Waals surface area (Å²) in [5.74, 6) is 0. The van der Waals surface area contributed by atoms with Crippen LogP contribution in [-0.4, -0.2) is 10.4 Å². The third-order valence-corrected chi connectivity index (χ3v) is 4.91. The topological polar surface area (TPSA) is 20.2 Å². The van der Waals surface area contributed by atoms with Crippen LogP contribution >= 0.6 is 11.8 Å². The Morgan fingerprint density at radius 3 is 2.61 bits per heavy atom. The highest BCUT2D eigenvalue weighted by Crippen LogP contribution is 2.42. The number of fused-ring (bicyclic) bond motifs is 1. The van der Waals surface area contributed by atoms with Crippen LogP contribution < -0.4 is 0 Å². The van der Waals surface area contributed by atoms with E-state index in [2.05, 4.69) is 37.3 Å². The number of aliphatic hydroxyl groups excluding tert-OH is 1. The first-order valence-electron chi connectivity index (χ1n) is 6.24. The van der Waals surface area contributed by atoms with E-state index in [4.69, 9.17) is 0 Å². The van der Waals surface area contributed by atoms with Gasteiger partial charge < -0.3 is 5.11 Å². The highest BCUT2D eigenvalue weighted by molar-refractivity contribution is 8.00. The van der Waals surface area contributed by atoms with Gasteiger partial charge in [-0.2, -0.15) is 0 Å². The van der Waals surface area contributed by atoms with Gasteiger partial charge in [0, 0.05) is 10.1 Å². The Hall–Kier alpha value is -1.25. The van der Waals surface area contributed by atoms with E-state index < -0.39 is 0 Å². The van der Waals surface area contributed by atoms with Crippen molar-refractivity contribution in [3.63, 3.8) is 0 Å². The van der Waals surface area contributed by atoms with Gasteiger partial charge in [0.1, 0.15) is 0 Å². The molecule has 0 radical (unpaired) electrons. The number of aliphatic hydroxyl groups is 1. The Morgan fingerprint density at radius 1 is 1.11 bits per heavy atom. The Morgan fingerprint density at radius 2 is 1.83 bits per heavy atom. The second-order valence-electron chi connectivity index (χ2n) is 4.77. The average Bonchev–Trinajstić information content (AvgIpc) is 2.82. The molecule has 0 saturated carbocycles. The Kier molecular flexibility index (Phi) is 3.14.